The van der Waals surface area contributed by atoms with Gasteiger partial charge in [0.1, 0.15) is 11.4 Å². The van der Waals surface area contributed by atoms with Crippen LogP contribution in [0.1, 0.15) is 11.1 Å². The number of amides is 1. The van der Waals surface area contributed by atoms with Crippen molar-refractivity contribution in [2.45, 2.75) is 18.3 Å². The summed E-state index contributed by atoms with van der Waals surface area (Å²) in [5.41, 5.74) is 0.802. The van der Waals surface area contributed by atoms with E-state index in [0.717, 1.165) is 29.5 Å². The van der Waals surface area contributed by atoms with E-state index in [1.807, 2.05) is 19.1 Å². The van der Waals surface area contributed by atoms with Crippen molar-refractivity contribution in [2.75, 3.05) is 18.2 Å². The summed E-state index contributed by atoms with van der Waals surface area (Å²) in [6.07, 6.45) is -4.48. The lowest BCUT2D eigenvalue weighted by molar-refractivity contribution is -0.137. The standard InChI is InChI=1S/C18H16F3N5O2S/c1-11-6-7-15(28-2)14(8-11)26-17(23-24-25-26)29-10-16(27)22-13-5-3-4-12(9-13)18(19,20)21/h3-9H,10H2,1-2H3,(H,22,27). The van der Waals surface area contributed by atoms with Crippen LogP contribution >= 0.6 is 11.8 Å². The third kappa shape index (κ3) is 5.05. The number of anilines is 1. The Balaban J connectivity index is 1.70. The van der Waals surface area contributed by atoms with Crippen LogP contribution in [0.5, 0.6) is 5.75 Å². The molecule has 11 heteroatoms. The highest BCUT2D eigenvalue weighted by Crippen LogP contribution is 2.31. The number of hydrogen-bond donors (Lipinski definition) is 1. The molecular weight excluding hydrogens is 407 g/mol. The normalized spacial score (nSPS) is 11.3. The van der Waals surface area contributed by atoms with Crippen molar-refractivity contribution in [3.63, 3.8) is 0 Å². The molecule has 1 amide bonds. The quantitative estimate of drug-likeness (QED) is 0.609. The lowest BCUT2D eigenvalue weighted by atomic mass is 10.2. The predicted molar refractivity (Wildman–Crippen MR) is 101 cm³/mol. The van der Waals surface area contributed by atoms with Crippen molar-refractivity contribution in [1.29, 1.82) is 0 Å². The number of methoxy groups -OCH3 is 1. The molecule has 1 heterocycles. The van der Waals surface area contributed by atoms with Crippen LogP contribution in [0.25, 0.3) is 5.69 Å². The molecule has 1 N–H and O–H groups in total. The SMILES string of the molecule is COc1ccc(C)cc1-n1nnnc1SCC(=O)Nc1cccc(C(F)(F)F)c1. The molecule has 3 aromatic rings. The van der Waals surface area contributed by atoms with Crippen LogP contribution in [0, 0.1) is 6.92 Å². The number of benzene rings is 2. The molecule has 0 fully saturated rings. The number of halogens is 3. The number of nitrogens with zero attached hydrogens (tertiary/aromatic N) is 4. The van der Waals surface area contributed by atoms with Gasteiger partial charge >= 0.3 is 6.18 Å². The Morgan fingerprint density at radius 2 is 2.03 bits per heavy atom. The Morgan fingerprint density at radius 1 is 1.24 bits per heavy atom. The number of alkyl halides is 3. The van der Waals surface area contributed by atoms with Crippen molar-refractivity contribution >= 4 is 23.4 Å². The Kier molecular flexibility index (Phi) is 6.06. The van der Waals surface area contributed by atoms with Gasteiger partial charge in [0.15, 0.2) is 0 Å². The minimum absolute atomic E-state index is 0.0605. The highest BCUT2D eigenvalue weighted by atomic mass is 32.2. The second kappa shape index (κ2) is 8.52. The summed E-state index contributed by atoms with van der Waals surface area (Å²) in [6.45, 7) is 1.91. The Bertz CT molecular complexity index is 1020. The lowest BCUT2D eigenvalue weighted by Crippen LogP contribution is -2.15. The maximum absolute atomic E-state index is 12.8. The first-order valence-corrected chi connectivity index (χ1v) is 9.30. The number of tetrazole rings is 1. The van der Waals surface area contributed by atoms with E-state index in [0.29, 0.717) is 16.6 Å². The topological polar surface area (TPSA) is 81.9 Å². The van der Waals surface area contributed by atoms with E-state index >= 15 is 0 Å². The molecule has 29 heavy (non-hydrogen) atoms. The highest BCUT2D eigenvalue weighted by Gasteiger charge is 2.30. The first-order chi connectivity index (χ1) is 13.8. The summed E-state index contributed by atoms with van der Waals surface area (Å²) in [5.74, 6) is -0.0247. The third-order valence-corrected chi connectivity index (χ3v) is 4.73. The second-order valence-electron chi connectivity index (χ2n) is 5.96. The minimum atomic E-state index is -4.48. The maximum Gasteiger partial charge on any atom is 0.416 e. The predicted octanol–water partition coefficient (Wildman–Crippen LogP) is 3.73. The van der Waals surface area contributed by atoms with E-state index < -0.39 is 17.6 Å². The fourth-order valence-corrected chi connectivity index (χ4v) is 3.17. The van der Waals surface area contributed by atoms with Gasteiger partial charge in [-0.25, -0.2) is 0 Å². The average molecular weight is 423 g/mol. The lowest BCUT2D eigenvalue weighted by Gasteiger charge is -2.11. The fraction of sp³-hybridized carbons (Fsp3) is 0.222. The minimum Gasteiger partial charge on any atom is -0.494 e. The van der Waals surface area contributed by atoms with E-state index in [1.165, 1.54) is 23.9 Å². The number of rotatable bonds is 6. The number of carbonyl (C=O) groups is 1. The van der Waals surface area contributed by atoms with E-state index in [9.17, 15) is 18.0 Å². The van der Waals surface area contributed by atoms with Gasteiger partial charge < -0.3 is 10.1 Å². The highest BCUT2D eigenvalue weighted by molar-refractivity contribution is 7.99. The molecule has 0 unspecified atom stereocenters. The van der Waals surface area contributed by atoms with Crippen LogP contribution in [0.2, 0.25) is 0 Å². The number of hydrogen-bond acceptors (Lipinski definition) is 6. The van der Waals surface area contributed by atoms with Gasteiger partial charge in [-0.05, 0) is 53.2 Å². The van der Waals surface area contributed by atoms with Crippen LogP contribution in [0.4, 0.5) is 18.9 Å². The molecule has 0 bridgehead atoms. The van der Waals surface area contributed by atoms with Crippen molar-refractivity contribution in [3.8, 4) is 11.4 Å². The average Bonchev–Trinajstić information content (AvgIpc) is 3.14. The molecule has 2 aromatic carbocycles. The molecule has 0 radical (unpaired) electrons. The molecule has 7 nitrogen and oxygen atoms in total. The molecular formula is C18H16F3N5O2S. The summed E-state index contributed by atoms with van der Waals surface area (Å²) >= 11 is 1.05. The largest absolute Gasteiger partial charge is 0.494 e. The van der Waals surface area contributed by atoms with Gasteiger partial charge in [-0.3, -0.25) is 4.79 Å². The van der Waals surface area contributed by atoms with Gasteiger partial charge in [-0.2, -0.15) is 17.9 Å². The molecule has 152 valence electrons. The van der Waals surface area contributed by atoms with Gasteiger partial charge in [0.25, 0.3) is 0 Å². The van der Waals surface area contributed by atoms with E-state index in [1.54, 1.807) is 6.07 Å². The molecule has 0 aliphatic rings. The van der Waals surface area contributed by atoms with Gasteiger partial charge in [-0.1, -0.05) is 23.9 Å². The van der Waals surface area contributed by atoms with Crippen LogP contribution in [-0.4, -0.2) is 39.0 Å². The van der Waals surface area contributed by atoms with Gasteiger partial charge in [0.05, 0.1) is 18.4 Å². The van der Waals surface area contributed by atoms with Gasteiger partial charge in [0, 0.05) is 5.69 Å². The fourth-order valence-electron chi connectivity index (χ4n) is 2.49. The van der Waals surface area contributed by atoms with Crippen LogP contribution in [-0.2, 0) is 11.0 Å². The van der Waals surface area contributed by atoms with E-state index in [4.69, 9.17) is 4.74 Å². The monoisotopic (exact) mass is 423 g/mol. The Morgan fingerprint density at radius 3 is 2.76 bits per heavy atom. The summed E-state index contributed by atoms with van der Waals surface area (Å²) < 4.78 is 45.1. The Hall–Kier alpha value is -3.08. The smallest absolute Gasteiger partial charge is 0.416 e. The van der Waals surface area contributed by atoms with Crippen molar-refractivity contribution in [2.24, 2.45) is 0 Å². The second-order valence-corrected chi connectivity index (χ2v) is 6.91. The summed E-state index contributed by atoms with van der Waals surface area (Å²) in [4.78, 5) is 12.2. The van der Waals surface area contributed by atoms with E-state index in [2.05, 4.69) is 20.8 Å². The number of nitrogens with one attached hydrogen (secondary N) is 1. The summed E-state index contributed by atoms with van der Waals surface area (Å²) in [6, 6.07) is 9.93. The number of ether oxygens (including phenoxy) is 1. The summed E-state index contributed by atoms with van der Waals surface area (Å²) in [7, 11) is 1.52. The molecule has 0 aliphatic heterocycles. The van der Waals surface area contributed by atoms with Crippen LogP contribution in [0.15, 0.2) is 47.6 Å². The zero-order chi connectivity index (χ0) is 21.0. The van der Waals surface area contributed by atoms with Crippen LogP contribution < -0.4 is 10.1 Å². The van der Waals surface area contributed by atoms with Gasteiger partial charge in [0.2, 0.25) is 11.1 Å². The maximum atomic E-state index is 12.8. The molecule has 1 aromatic heterocycles. The van der Waals surface area contributed by atoms with Crippen molar-refractivity contribution in [3.05, 3.63) is 53.6 Å². The molecule has 0 saturated heterocycles. The third-order valence-electron chi connectivity index (χ3n) is 3.81. The number of aromatic nitrogens is 4. The van der Waals surface area contributed by atoms with Crippen molar-refractivity contribution in [1.82, 2.24) is 20.2 Å². The molecule has 0 spiro atoms. The first kappa shape index (κ1) is 20.6. The molecule has 3 rings (SSSR count). The Labute approximate surface area is 168 Å². The number of carbonyl (C=O) groups excluding carboxylic acids is 1. The molecule has 0 aliphatic carbocycles. The summed E-state index contributed by atoms with van der Waals surface area (Å²) in [5, 5.41) is 14.3. The number of aryl methyl sites for hydroxylation is 1. The van der Waals surface area contributed by atoms with Gasteiger partial charge in [-0.15, -0.1) is 5.10 Å². The molecule has 0 atom stereocenters. The van der Waals surface area contributed by atoms with Crippen molar-refractivity contribution < 1.29 is 22.7 Å². The molecule has 0 saturated carbocycles. The first-order valence-electron chi connectivity index (χ1n) is 8.31. The number of thioether (sulfide) groups is 1. The van der Waals surface area contributed by atoms with E-state index in [-0.39, 0.29) is 11.4 Å². The zero-order valence-electron chi connectivity index (χ0n) is 15.4. The van der Waals surface area contributed by atoms with Crippen LogP contribution in [0.3, 0.4) is 0 Å². The zero-order valence-corrected chi connectivity index (χ0v) is 16.2.